The van der Waals surface area contributed by atoms with E-state index in [9.17, 15) is 0 Å². The Morgan fingerprint density at radius 2 is 1.75 bits per heavy atom. The van der Waals surface area contributed by atoms with Gasteiger partial charge in [0.05, 0.1) is 24.4 Å². The first-order valence-corrected chi connectivity index (χ1v) is 10.9. The van der Waals surface area contributed by atoms with Gasteiger partial charge in [-0.15, -0.1) is 11.3 Å². The standard InChI is InChI=1S/C25H19N5OS/c1-2-6-20(7-3-1)28-21-12-10-19(11-13-21)16-27-30-23(24-9-5-15-31-24)18-32-25(30)29-22-8-4-14-26-17-22/h1-18,28H. The number of rotatable bonds is 6. The molecule has 0 amide bonds. The molecule has 0 aliphatic rings. The van der Waals surface area contributed by atoms with E-state index in [1.165, 1.54) is 11.3 Å². The minimum absolute atomic E-state index is 0.725. The lowest BCUT2D eigenvalue weighted by atomic mass is 10.2. The number of hydrogen-bond acceptors (Lipinski definition) is 6. The molecule has 0 atom stereocenters. The quantitative estimate of drug-likeness (QED) is 0.328. The summed E-state index contributed by atoms with van der Waals surface area (Å²) in [6.07, 6.45) is 6.91. The third-order valence-electron chi connectivity index (χ3n) is 4.63. The van der Waals surface area contributed by atoms with Gasteiger partial charge in [-0.3, -0.25) is 4.98 Å². The molecule has 0 fully saturated rings. The summed E-state index contributed by atoms with van der Waals surface area (Å²) >= 11 is 1.49. The van der Waals surface area contributed by atoms with E-state index in [2.05, 4.69) is 10.3 Å². The van der Waals surface area contributed by atoms with Crippen LogP contribution in [-0.4, -0.2) is 15.9 Å². The van der Waals surface area contributed by atoms with E-state index < -0.39 is 0 Å². The Balaban J connectivity index is 1.45. The molecule has 3 aromatic heterocycles. The Bertz CT molecular complexity index is 1370. The Morgan fingerprint density at radius 3 is 2.50 bits per heavy atom. The van der Waals surface area contributed by atoms with Gasteiger partial charge < -0.3 is 9.73 Å². The summed E-state index contributed by atoms with van der Waals surface area (Å²) in [5.74, 6) is 0.730. The van der Waals surface area contributed by atoms with Crippen molar-refractivity contribution in [3.63, 3.8) is 0 Å². The fourth-order valence-electron chi connectivity index (χ4n) is 3.08. The van der Waals surface area contributed by atoms with Crippen LogP contribution >= 0.6 is 11.3 Å². The zero-order valence-electron chi connectivity index (χ0n) is 17.0. The fourth-order valence-corrected chi connectivity index (χ4v) is 3.92. The van der Waals surface area contributed by atoms with Gasteiger partial charge in [-0.05, 0) is 54.1 Å². The summed E-state index contributed by atoms with van der Waals surface area (Å²) in [6, 6.07) is 25.7. The van der Waals surface area contributed by atoms with Gasteiger partial charge in [0.25, 0.3) is 0 Å². The molecule has 0 bridgehead atoms. The molecule has 0 spiro atoms. The topological polar surface area (TPSA) is 67.7 Å². The third-order valence-corrected chi connectivity index (χ3v) is 5.44. The molecule has 5 aromatic rings. The highest BCUT2D eigenvalue weighted by molar-refractivity contribution is 7.07. The van der Waals surface area contributed by atoms with Crippen molar-refractivity contribution >= 4 is 34.6 Å². The molecule has 156 valence electrons. The number of hydrogen-bond donors (Lipinski definition) is 1. The molecule has 1 N–H and O–H groups in total. The van der Waals surface area contributed by atoms with E-state index in [0.29, 0.717) is 0 Å². The molecule has 5 rings (SSSR count). The number of nitrogens with one attached hydrogen (secondary N) is 1. The number of aromatic nitrogens is 2. The average Bonchev–Trinajstić information content (AvgIpc) is 3.50. The lowest BCUT2D eigenvalue weighted by Crippen LogP contribution is -2.11. The Labute approximate surface area is 188 Å². The molecule has 0 aliphatic heterocycles. The van der Waals surface area contributed by atoms with E-state index in [0.717, 1.165) is 38.9 Å². The highest BCUT2D eigenvalue weighted by Gasteiger charge is 2.10. The van der Waals surface area contributed by atoms with Crippen LogP contribution in [0.25, 0.3) is 11.5 Å². The Morgan fingerprint density at radius 1 is 0.906 bits per heavy atom. The molecular formula is C25H19N5OS. The van der Waals surface area contributed by atoms with E-state index in [1.54, 1.807) is 23.3 Å². The first-order valence-electron chi connectivity index (χ1n) is 10.0. The zero-order chi connectivity index (χ0) is 21.6. The largest absolute Gasteiger partial charge is 0.463 e. The van der Waals surface area contributed by atoms with Crippen molar-refractivity contribution in [1.82, 2.24) is 9.66 Å². The molecule has 0 radical (unpaired) electrons. The monoisotopic (exact) mass is 437 g/mol. The highest BCUT2D eigenvalue weighted by Crippen LogP contribution is 2.21. The van der Waals surface area contributed by atoms with Crippen LogP contribution in [0, 0.1) is 0 Å². The minimum atomic E-state index is 0.725. The fraction of sp³-hybridized carbons (Fsp3) is 0. The first kappa shape index (κ1) is 19.7. The smallest absolute Gasteiger partial charge is 0.211 e. The van der Waals surface area contributed by atoms with Crippen molar-refractivity contribution in [3.8, 4) is 11.5 Å². The van der Waals surface area contributed by atoms with Crippen LogP contribution in [-0.2, 0) is 0 Å². The summed E-state index contributed by atoms with van der Waals surface area (Å²) in [4.78, 5) is 9.56. The zero-order valence-corrected chi connectivity index (χ0v) is 17.8. The lowest BCUT2D eigenvalue weighted by Gasteiger charge is -2.06. The molecule has 32 heavy (non-hydrogen) atoms. The van der Waals surface area contributed by atoms with Gasteiger partial charge in [0, 0.05) is 23.0 Å². The maximum atomic E-state index is 5.60. The number of thiazole rings is 1. The minimum Gasteiger partial charge on any atom is -0.463 e. The van der Waals surface area contributed by atoms with Gasteiger partial charge >= 0.3 is 0 Å². The predicted octanol–water partition coefficient (Wildman–Crippen LogP) is 6.06. The van der Waals surface area contributed by atoms with Gasteiger partial charge in [-0.1, -0.05) is 30.3 Å². The van der Waals surface area contributed by atoms with E-state index in [1.807, 2.05) is 90.5 Å². The third kappa shape index (κ3) is 4.58. The Kier molecular flexibility index (Phi) is 5.72. The number of furan rings is 1. The number of nitrogens with zero attached hydrogens (tertiary/aromatic N) is 4. The predicted molar refractivity (Wildman–Crippen MR) is 129 cm³/mol. The first-order chi connectivity index (χ1) is 15.8. The van der Waals surface area contributed by atoms with Crippen LogP contribution < -0.4 is 10.1 Å². The van der Waals surface area contributed by atoms with Crippen molar-refractivity contribution < 1.29 is 4.42 Å². The van der Waals surface area contributed by atoms with Crippen molar-refractivity contribution in [2.75, 3.05) is 5.32 Å². The number of benzene rings is 2. The number of para-hydroxylation sites is 1. The van der Waals surface area contributed by atoms with Crippen LogP contribution in [0.3, 0.4) is 0 Å². The normalized spacial score (nSPS) is 11.8. The highest BCUT2D eigenvalue weighted by atomic mass is 32.1. The summed E-state index contributed by atoms with van der Waals surface area (Å²) in [5.41, 5.74) is 4.63. The molecule has 3 heterocycles. The van der Waals surface area contributed by atoms with Crippen molar-refractivity contribution in [2.45, 2.75) is 0 Å². The van der Waals surface area contributed by atoms with Gasteiger partial charge in [0.2, 0.25) is 4.80 Å². The molecule has 7 heteroatoms. The van der Waals surface area contributed by atoms with Crippen LogP contribution in [0.15, 0.2) is 117 Å². The maximum Gasteiger partial charge on any atom is 0.211 e. The van der Waals surface area contributed by atoms with Crippen molar-refractivity contribution in [1.29, 1.82) is 0 Å². The molecule has 2 aromatic carbocycles. The molecule has 0 aliphatic carbocycles. The second-order valence-corrected chi connectivity index (χ2v) is 7.71. The van der Waals surface area contributed by atoms with Gasteiger partial charge in [-0.25, -0.2) is 9.67 Å². The number of anilines is 2. The summed E-state index contributed by atoms with van der Waals surface area (Å²) in [5, 5.41) is 10.1. The van der Waals surface area contributed by atoms with E-state index in [4.69, 9.17) is 14.5 Å². The summed E-state index contributed by atoms with van der Waals surface area (Å²) in [6.45, 7) is 0. The van der Waals surface area contributed by atoms with Crippen LogP contribution in [0.2, 0.25) is 0 Å². The van der Waals surface area contributed by atoms with Crippen LogP contribution in [0.1, 0.15) is 5.56 Å². The van der Waals surface area contributed by atoms with Gasteiger partial charge in [-0.2, -0.15) is 5.10 Å². The lowest BCUT2D eigenvalue weighted by molar-refractivity contribution is 0.575. The van der Waals surface area contributed by atoms with Crippen molar-refractivity contribution in [3.05, 3.63) is 113 Å². The molecule has 6 nitrogen and oxygen atoms in total. The van der Waals surface area contributed by atoms with Crippen molar-refractivity contribution in [2.24, 2.45) is 10.1 Å². The van der Waals surface area contributed by atoms with Gasteiger partial charge in [0.1, 0.15) is 5.69 Å². The summed E-state index contributed by atoms with van der Waals surface area (Å²) < 4.78 is 7.38. The SMILES string of the molecule is C(=Nn1c(-c2ccco2)csc1=Nc1cccnc1)c1ccc(Nc2ccccc2)cc1. The Hall–Kier alpha value is -4.23. The van der Waals surface area contributed by atoms with E-state index >= 15 is 0 Å². The van der Waals surface area contributed by atoms with Gasteiger partial charge in [0.15, 0.2) is 5.76 Å². The van der Waals surface area contributed by atoms with E-state index in [-0.39, 0.29) is 0 Å². The summed E-state index contributed by atoms with van der Waals surface area (Å²) in [7, 11) is 0. The molecular weight excluding hydrogens is 418 g/mol. The number of pyridine rings is 1. The molecule has 0 unspecified atom stereocenters. The second-order valence-electron chi connectivity index (χ2n) is 6.87. The maximum absolute atomic E-state index is 5.60. The molecule has 0 saturated heterocycles. The molecule has 0 saturated carbocycles. The average molecular weight is 438 g/mol. The van der Waals surface area contributed by atoms with Crippen LogP contribution in [0.4, 0.5) is 17.1 Å². The van der Waals surface area contributed by atoms with Crippen LogP contribution in [0.5, 0.6) is 0 Å². The second kappa shape index (κ2) is 9.28.